The van der Waals surface area contributed by atoms with E-state index in [1.165, 1.54) is 0 Å². The van der Waals surface area contributed by atoms with Crippen LogP contribution in [0.2, 0.25) is 0 Å². The molecule has 0 aliphatic rings. The number of hydrogen-bond acceptors (Lipinski definition) is 2. The van der Waals surface area contributed by atoms with Crippen molar-refractivity contribution in [2.45, 2.75) is 0 Å². The van der Waals surface area contributed by atoms with Crippen molar-refractivity contribution in [3.05, 3.63) is 181 Å². The number of anilines is 4. The molecule has 0 spiro atoms. The fourth-order valence-electron chi connectivity index (χ4n) is 4.95. The monoisotopic (exact) mass is 544 g/mol. The quantitative estimate of drug-likeness (QED) is 0.201. The van der Waals surface area contributed by atoms with Crippen molar-refractivity contribution < 1.29 is 9.59 Å². The predicted molar refractivity (Wildman–Crippen MR) is 171 cm³/mol. The summed E-state index contributed by atoms with van der Waals surface area (Å²) in [5.41, 5.74) is 6.40. The minimum absolute atomic E-state index is 0.0945. The van der Waals surface area contributed by atoms with Crippen molar-refractivity contribution in [2.75, 3.05) is 9.80 Å². The minimum Gasteiger partial charge on any atom is -0.277 e. The molecule has 0 saturated carbocycles. The summed E-state index contributed by atoms with van der Waals surface area (Å²) in [6, 6.07) is 53.9. The lowest BCUT2D eigenvalue weighted by Crippen LogP contribution is -2.25. The zero-order valence-electron chi connectivity index (χ0n) is 22.9. The van der Waals surface area contributed by atoms with Gasteiger partial charge in [0, 0.05) is 33.9 Å². The van der Waals surface area contributed by atoms with E-state index >= 15 is 0 Å². The van der Waals surface area contributed by atoms with E-state index in [9.17, 15) is 9.59 Å². The second-order valence-electron chi connectivity index (χ2n) is 9.78. The van der Waals surface area contributed by atoms with Crippen LogP contribution in [0, 0.1) is 0 Å². The number of benzene rings is 6. The number of carbonyl (C=O) groups excluding carboxylic acids is 2. The Balaban J connectivity index is 1.30. The van der Waals surface area contributed by atoms with E-state index in [0.29, 0.717) is 11.1 Å². The molecule has 0 fully saturated rings. The predicted octanol–water partition coefficient (Wildman–Crippen LogP) is 9.31. The third kappa shape index (κ3) is 5.60. The van der Waals surface area contributed by atoms with Crippen molar-refractivity contribution in [2.24, 2.45) is 0 Å². The van der Waals surface area contributed by atoms with Crippen molar-refractivity contribution in [1.82, 2.24) is 0 Å². The topological polar surface area (TPSA) is 40.6 Å². The fourth-order valence-corrected chi connectivity index (χ4v) is 4.95. The van der Waals surface area contributed by atoms with Gasteiger partial charge in [0.25, 0.3) is 11.8 Å². The Kier molecular flexibility index (Phi) is 7.69. The first kappa shape index (κ1) is 26.5. The van der Waals surface area contributed by atoms with Gasteiger partial charge in [0.1, 0.15) is 0 Å². The van der Waals surface area contributed by atoms with Crippen LogP contribution >= 0.6 is 0 Å². The smallest absolute Gasteiger partial charge is 0.262 e. The molecule has 4 heteroatoms. The number of hydrogen-bond donors (Lipinski definition) is 0. The summed E-state index contributed by atoms with van der Waals surface area (Å²) >= 11 is 0. The van der Waals surface area contributed by atoms with Gasteiger partial charge in [0.2, 0.25) is 0 Å². The highest BCUT2D eigenvalue weighted by molar-refractivity contribution is 6.11. The first-order chi connectivity index (χ1) is 20.7. The van der Waals surface area contributed by atoms with Gasteiger partial charge < -0.3 is 0 Å². The lowest BCUT2D eigenvalue weighted by molar-refractivity contribution is 0.0991. The zero-order valence-corrected chi connectivity index (χ0v) is 22.9. The molecule has 0 bridgehead atoms. The van der Waals surface area contributed by atoms with E-state index in [1.54, 1.807) is 9.80 Å². The zero-order chi connectivity index (χ0) is 28.7. The van der Waals surface area contributed by atoms with Gasteiger partial charge >= 0.3 is 0 Å². The number of amides is 2. The van der Waals surface area contributed by atoms with Crippen LogP contribution in [0.1, 0.15) is 20.7 Å². The number of para-hydroxylation sites is 2. The molecule has 0 unspecified atom stereocenters. The van der Waals surface area contributed by atoms with Crippen molar-refractivity contribution >= 4 is 34.6 Å². The Labute approximate surface area is 245 Å². The van der Waals surface area contributed by atoms with Gasteiger partial charge in [-0.2, -0.15) is 0 Å². The van der Waals surface area contributed by atoms with Crippen molar-refractivity contribution in [3.8, 4) is 11.1 Å². The first-order valence-corrected chi connectivity index (χ1v) is 13.8. The van der Waals surface area contributed by atoms with Gasteiger partial charge in [-0.3, -0.25) is 19.4 Å². The largest absolute Gasteiger partial charge is 0.277 e. The van der Waals surface area contributed by atoms with Gasteiger partial charge in [0.05, 0.1) is 0 Å². The third-order valence-corrected chi connectivity index (χ3v) is 7.06. The Hall–Kier alpha value is -5.74. The molecule has 6 aromatic rings. The molecule has 0 heterocycles. The molecule has 6 rings (SSSR count). The summed E-state index contributed by atoms with van der Waals surface area (Å²) < 4.78 is 0. The van der Waals surface area contributed by atoms with Crippen LogP contribution < -0.4 is 9.80 Å². The molecule has 2 amide bonds. The average molecular weight is 545 g/mol. The molecular weight excluding hydrogens is 516 g/mol. The second kappa shape index (κ2) is 12.2. The van der Waals surface area contributed by atoms with Crippen LogP contribution in [0.5, 0.6) is 0 Å². The Bertz CT molecular complexity index is 1630. The molecule has 4 nitrogen and oxygen atoms in total. The van der Waals surface area contributed by atoms with Crippen LogP contribution in [-0.2, 0) is 0 Å². The molecule has 6 aromatic carbocycles. The maximum absolute atomic E-state index is 13.6. The van der Waals surface area contributed by atoms with Crippen LogP contribution in [0.4, 0.5) is 22.7 Å². The summed E-state index contributed by atoms with van der Waals surface area (Å²) in [4.78, 5) is 30.6. The Morgan fingerprint density at radius 2 is 0.571 bits per heavy atom. The van der Waals surface area contributed by atoms with Crippen LogP contribution in [0.3, 0.4) is 0 Å². The molecule has 0 radical (unpaired) electrons. The maximum Gasteiger partial charge on any atom is 0.262 e. The molecule has 0 saturated heterocycles. The fraction of sp³-hybridized carbons (Fsp3) is 0. The average Bonchev–Trinajstić information content (AvgIpc) is 3.07. The molecule has 0 N–H and O–H groups in total. The van der Waals surface area contributed by atoms with Gasteiger partial charge in [-0.1, -0.05) is 97.1 Å². The second-order valence-corrected chi connectivity index (χ2v) is 9.78. The molecule has 42 heavy (non-hydrogen) atoms. The van der Waals surface area contributed by atoms with E-state index < -0.39 is 0 Å². The van der Waals surface area contributed by atoms with Crippen LogP contribution in [-0.4, -0.2) is 11.8 Å². The highest BCUT2D eigenvalue weighted by Gasteiger charge is 2.21. The van der Waals surface area contributed by atoms with Gasteiger partial charge in [-0.15, -0.1) is 0 Å². The molecule has 0 aliphatic heterocycles. The van der Waals surface area contributed by atoms with E-state index in [0.717, 1.165) is 33.9 Å². The van der Waals surface area contributed by atoms with Gasteiger partial charge in [0.15, 0.2) is 0 Å². The Morgan fingerprint density at radius 3 is 0.881 bits per heavy atom. The van der Waals surface area contributed by atoms with Crippen LogP contribution in [0.25, 0.3) is 11.1 Å². The van der Waals surface area contributed by atoms with Gasteiger partial charge in [-0.25, -0.2) is 0 Å². The van der Waals surface area contributed by atoms with E-state index in [4.69, 9.17) is 0 Å². The molecule has 0 aliphatic carbocycles. The highest BCUT2D eigenvalue weighted by Crippen LogP contribution is 2.32. The standard InChI is InChI=1S/C38H28N2O2/c41-37(31-13-5-1-6-14-31)39(33-17-9-3-10-18-33)35-25-21-29(22-26-35)30-23-27-36(28-24-30)40(34-19-11-4-12-20-34)38(42)32-15-7-2-8-16-32/h1-28H. The first-order valence-electron chi connectivity index (χ1n) is 13.8. The summed E-state index contributed by atoms with van der Waals surface area (Å²) in [5, 5.41) is 0. The lowest BCUT2D eigenvalue weighted by Gasteiger charge is -2.24. The highest BCUT2D eigenvalue weighted by atomic mass is 16.2. The maximum atomic E-state index is 13.6. The molecule has 0 aromatic heterocycles. The van der Waals surface area contributed by atoms with E-state index in [-0.39, 0.29) is 11.8 Å². The van der Waals surface area contributed by atoms with Crippen LogP contribution in [0.15, 0.2) is 170 Å². The van der Waals surface area contributed by atoms with E-state index in [2.05, 4.69) is 0 Å². The van der Waals surface area contributed by atoms with E-state index in [1.807, 2.05) is 170 Å². The molecular formula is C38H28N2O2. The SMILES string of the molecule is O=C(c1ccccc1)N(c1ccccc1)c1ccc(-c2ccc(N(C(=O)c3ccccc3)c3ccccc3)cc2)cc1. The normalized spacial score (nSPS) is 10.6. The van der Waals surface area contributed by atoms with Gasteiger partial charge in [-0.05, 0) is 83.9 Å². The summed E-state index contributed by atoms with van der Waals surface area (Å²) in [6.07, 6.45) is 0. The van der Waals surface area contributed by atoms with Crippen molar-refractivity contribution in [3.63, 3.8) is 0 Å². The molecule has 202 valence electrons. The molecule has 0 atom stereocenters. The third-order valence-electron chi connectivity index (χ3n) is 7.06. The Morgan fingerprint density at radius 1 is 0.310 bits per heavy atom. The number of nitrogens with zero attached hydrogens (tertiary/aromatic N) is 2. The summed E-state index contributed by atoms with van der Waals surface area (Å²) in [5.74, 6) is -0.189. The lowest BCUT2D eigenvalue weighted by atomic mass is 10.0. The number of carbonyl (C=O) groups is 2. The number of rotatable bonds is 7. The summed E-state index contributed by atoms with van der Waals surface area (Å²) in [7, 11) is 0. The minimum atomic E-state index is -0.0945. The van der Waals surface area contributed by atoms with Crippen molar-refractivity contribution in [1.29, 1.82) is 0 Å². The summed E-state index contributed by atoms with van der Waals surface area (Å²) in [6.45, 7) is 0.